The molecule has 1 heterocycles. The molecule has 1 N–H and O–H groups in total. The lowest BCUT2D eigenvalue weighted by atomic mass is 9.92. The van der Waals surface area contributed by atoms with E-state index in [1.807, 2.05) is 0 Å². The molecule has 0 aliphatic heterocycles. The molecular weight excluding hydrogens is 223 g/mol. The molecule has 15 heavy (non-hydrogen) atoms. The monoisotopic (exact) mass is 235 g/mol. The van der Waals surface area contributed by atoms with E-state index in [0.29, 0.717) is 12.0 Å². The van der Waals surface area contributed by atoms with Crippen molar-refractivity contribution in [2.45, 2.75) is 31.5 Å². The van der Waals surface area contributed by atoms with Gasteiger partial charge in [0.2, 0.25) is 0 Å². The van der Waals surface area contributed by atoms with E-state index in [4.69, 9.17) is 0 Å². The number of nitrogens with one attached hydrogen (secondary N) is 1. The summed E-state index contributed by atoms with van der Waals surface area (Å²) in [6.07, 6.45) is -1.99. The highest BCUT2D eigenvalue weighted by Gasteiger charge is 2.37. The molecule has 0 radical (unpaired) electrons. The van der Waals surface area contributed by atoms with Crippen molar-refractivity contribution in [2.24, 2.45) is 0 Å². The maximum atomic E-state index is 12.6. The van der Waals surface area contributed by atoms with E-state index in [-0.39, 0.29) is 6.04 Å². The molecule has 1 nitrogen and oxygen atoms in total. The van der Waals surface area contributed by atoms with Crippen LogP contribution in [0.15, 0.2) is 5.38 Å². The smallest absolute Gasteiger partial charge is 0.317 e. The highest BCUT2D eigenvalue weighted by atomic mass is 32.1. The molecule has 0 saturated carbocycles. The zero-order valence-corrected chi connectivity index (χ0v) is 9.13. The molecule has 1 aromatic rings. The Bertz CT molecular complexity index is 356. The van der Waals surface area contributed by atoms with Crippen molar-refractivity contribution >= 4 is 11.3 Å². The summed E-state index contributed by atoms with van der Waals surface area (Å²) < 4.78 is 37.9. The minimum Gasteiger partial charge on any atom is -0.317 e. The zero-order valence-electron chi connectivity index (χ0n) is 8.32. The summed E-state index contributed by atoms with van der Waals surface area (Å²) >= 11 is 1.24. The Labute approximate surface area is 90.3 Å². The number of thiophene rings is 1. The molecule has 0 spiro atoms. The standard InChI is InChI=1S/C10H12F3NS/c1-14-6-2-3-9-7(4-6)8(5-15-9)10(11,12)13/h5-6,14H,2-4H2,1H3. The van der Waals surface area contributed by atoms with Gasteiger partial charge in [0, 0.05) is 16.3 Å². The van der Waals surface area contributed by atoms with Gasteiger partial charge in [0.25, 0.3) is 0 Å². The summed E-state index contributed by atoms with van der Waals surface area (Å²) in [5.41, 5.74) is 0.0838. The first-order chi connectivity index (χ1) is 7.02. The van der Waals surface area contributed by atoms with E-state index in [1.165, 1.54) is 16.7 Å². The third-order valence-corrected chi connectivity index (χ3v) is 3.95. The van der Waals surface area contributed by atoms with Crippen molar-refractivity contribution in [1.29, 1.82) is 0 Å². The minimum atomic E-state index is -4.19. The Hall–Kier alpha value is -0.550. The van der Waals surface area contributed by atoms with E-state index in [1.54, 1.807) is 7.05 Å². The lowest BCUT2D eigenvalue weighted by Crippen LogP contribution is -2.31. The molecule has 0 fully saturated rings. The van der Waals surface area contributed by atoms with Crippen LogP contribution in [0.4, 0.5) is 13.2 Å². The third-order valence-electron chi connectivity index (χ3n) is 2.86. The van der Waals surface area contributed by atoms with Crippen LogP contribution in [-0.4, -0.2) is 13.1 Å². The normalized spacial score (nSPS) is 21.5. The van der Waals surface area contributed by atoms with E-state index in [2.05, 4.69) is 5.32 Å². The molecule has 2 rings (SSSR count). The van der Waals surface area contributed by atoms with Crippen LogP contribution in [0.3, 0.4) is 0 Å². The predicted octanol–water partition coefficient (Wildman–Crippen LogP) is 2.84. The summed E-state index contributed by atoms with van der Waals surface area (Å²) in [4.78, 5) is 0.911. The Morgan fingerprint density at radius 3 is 2.80 bits per heavy atom. The fourth-order valence-corrected chi connectivity index (χ4v) is 3.10. The first kappa shape index (κ1) is 11.0. The van der Waals surface area contributed by atoms with E-state index < -0.39 is 11.7 Å². The summed E-state index contributed by atoms with van der Waals surface area (Å²) in [5, 5.41) is 4.30. The summed E-state index contributed by atoms with van der Waals surface area (Å²) in [6, 6.07) is 0.188. The highest BCUT2D eigenvalue weighted by molar-refractivity contribution is 7.10. The number of rotatable bonds is 1. The Morgan fingerprint density at radius 1 is 1.47 bits per heavy atom. The molecular formula is C10H12F3NS. The molecule has 84 valence electrons. The average molecular weight is 235 g/mol. The topological polar surface area (TPSA) is 12.0 Å². The summed E-state index contributed by atoms with van der Waals surface area (Å²) in [7, 11) is 1.80. The second-order valence-corrected chi connectivity index (χ2v) is 4.74. The second-order valence-electron chi connectivity index (χ2n) is 3.78. The molecule has 1 atom stereocenters. The van der Waals surface area contributed by atoms with Gasteiger partial charge in [-0.2, -0.15) is 13.2 Å². The molecule has 1 unspecified atom stereocenters. The van der Waals surface area contributed by atoms with Gasteiger partial charge in [-0.05, 0) is 31.9 Å². The third kappa shape index (κ3) is 2.03. The van der Waals surface area contributed by atoms with Crippen molar-refractivity contribution in [3.63, 3.8) is 0 Å². The van der Waals surface area contributed by atoms with Crippen LogP contribution in [0.1, 0.15) is 22.4 Å². The van der Waals surface area contributed by atoms with Gasteiger partial charge < -0.3 is 5.32 Å². The largest absolute Gasteiger partial charge is 0.417 e. The van der Waals surface area contributed by atoms with Crippen molar-refractivity contribution in [3.05, 3.63) is 21.4 Å². The van der Waals surface area contributed by atoms with Gasteiger partial charge in [-0.1, -0.05) is 0 Å². The molecule has 1 aromatic heterocycles. The molecule has 1 aliphatic carbocycles. The maximum Gasteiger partial charge on any atom is 0.417 e. The minimum absolute atomic E-state index is 0.188. The average Bonchev–Trinajstić information content (AvgIpc) is 2.59. The number of hydrogen-bond acceptors (Lipinski definition) is 2. The molecule has 0 aromatic carbocycles. The maximum absolute atomic E-state index is 12.6. The van der Waals surface area contributed by atoms with Crippen molar-refractivity contribution in [2.75, 3.05) is 7.05 Å². The van der Waals surface area contributed by atoms with E-state index >= 15 is 0 Å². The Morgan fingerprint density at radius 2 is 2.20 bits per heavy atom. The van der Waals surface area contributed by atoms with Gasteiger partial charge in [-0.15, -0.1) is 11.3 Å². The molecule has 0 amide bonds. The van der Waals surface area contributed by atoms with Gasteiger partial charge >= 0.3 is 6.18 Å². The number of alkyl halides is 3. The molecule has 0 saturated heterocycles. The second kappa shape index (κ2) is 3.79. The molecule has 5 heteroatoms. The summed E-state index contributed by atoms with van der Waals surface area (Å²) in [5.74, 6) is 0. The first-order valence-electron chi connectivity index (χ1n) is 4.86. The van der Waals surface area contributed by atoms with E-state index in [0.717, 1.165) is 17.7 Å². The first-order valence-corrected chi connectivity index (χ1v) is 5.74. The summed E-state index contributed by atoms with van der Waals surface area (Å²) in [6.45, 7) is 0. The number of fused-ring (bicyclic) bond motifs is 1. The highest BCUT2D eigenvalue weighted by Crippen LogP contribution is 2.39. The lowest BCUT2D eigenvalue weighted by Gasteiger charge is -2.23. The van der Waals surface area contributed by atoms with Crippen molar-refractivity contribution in [3.8, 4) is 0 Å². The number of likely N-dealkylation sites (N-methyl/N-ethyl adjacent to an activating group) is 1. The SMILES string of the molecule is CNC1CCc2scc(C(F)(F)F)c2C1. The molecule has 1 aliphatic rings. The molecule has 0 bridgehead atoms. The van der Waals surface area contributed by atoms with Gasteiger partial charge in [0.05, 0.1) is 5.56 Å². The van der Waals surface area contributed by atoms with Crippen LogP contribution < -0.4 is 5.32 Å². The van der Waals surface area contributed by atoms with E-state index in [9.17, 15) is 13.2 Å². The van der Waals surface area contributed by atoms with Crippen LogP contribution in [0.2, 0.25) is 0 Å². The van der Waals surface area contributed by atoms with Crippen LogP contribution in [0.5, 0.6) is 0 Å². The van der Waals surface area contributed by atoms with Gasteiger partial charge in [-0.3, -0.25) is 0 Å². The fraction of sp³-hybridized carbons (Fsp3) is 0.600. The zero-order chi connectivity index (χ0) is 11.1. The van der Waals surface area contributed by atoms with Crippen LogP contribution in [0.25, 0.3) is 0 Å². The number of aryl methyl sites for hydroxylation is 1. The van der Waals surface area contributed by atoms with Crippen LogP contribution in [-0.2, 0) is 19.0 Å². The van der Waals surface area contributed by atoms with Crippen LogP contribution in [0, 0.1) is 0 Å². The van der Waals surface area contributed by atoms with Gasteiger partial charge in [0.1, 0.15) is 0 Å². The number of halogens is 3. The Balaban J connectivity index is 2.34. The number of hydrogen-bond donors (Lipinski definition) is 1. The van der Waals surface area contributed by atoms with Crippen LogP contribution >= 0.6 is 11.3 Å². The Kier molecular flexibility index (Phi) is 2.77. The van der Waals surface area contributed by atoms with Gasteiger partial charge in [-0.25, -0.2) is 0 Å². The van der Waals surface area contributed by atoms with Crippen molar-refractivity contribution < 1.29 is 13.2 Å². The van der Waals surface area contributed by atoms with Gasteiger partial charge in [0.15, 0.2) is 0 Å². The van der Waals surface area contributed by atoms with Crippen molar-refractivity contribution in [1.82, 2.24) is 5.32 Å². The quantitative estimate of drug-likeness (QED) is 0.789. The predicted molar refractivity (Wildman–Crippen MR) is 54.2 cm³/mol. The lowest BCUT2D eigenvalue weighted by molar-refractivity contribution is -0.138. The fourth-order valence-electron chi connectivity index (χ4n) is 1.99.